The van der Waals surface area contributed by atoms with Crippen LogP contribution in [0.5, 0.6) is 11.5 Å². The Kier molecular flexibility index (Phi) is 3.95. The molecular weight excluding hydrogens is 256 g/mol. The zero-order valence-electron chi connectivity index (χ0n) is 11.5. The molecular formula is C14H22N4O2. The third-order valence-corrected chi connectivity index (χ3v) is 3.81. The highest BCUT2D eigenvalue weighted by molar-refractivity contribution is 5.65. The maximum Gasteiger partial charge on any atom is 0.184 e. The molecule has 20 heavy (non-hydrogen) atoms. The Bertz CT molecular complexity index is 456. The number of nitrogens with one attached hydrogen (secondary N) is 1. The van der Waals surface area contributed by atoms with Crippen LogP contribution >= 0.6 is 0 Å². The molecule has 6 nitrogen and oxygen atoms in total. The number of nitrogens with two attached hydrogens (primary N) is 2. The number of rotatable bonds is 3. The molecule has 2 aliphatic heterocycles. The summed E-state index contributed by atoms with van der Waals surface area (Å²) in [6.45, 7) is 4.10. The Morgan fingerprint density at radius 3 is 2.50 bits per heavy atom. The van der Waals surface area contributed by atoms with E-state index >= 15 is 0 Å². The molecule has 2 aliphatic rings. The van der Waals surface area contributed by atoms with Gasteiger partial charge in [0.1, 0.15) is 13.2 Å². The molecule has 0 amide bonds. The third-order valence-electron chi connectivity index (χ3n) is 3.81. The Morgan fingerprint density at radius 2 is 1.80 bits per heavy atom. The Hall–Kier alpha value is -1.50. The molecule has 2 heterocycles. The van der Waals surface area contributed by atoms with Crippen molar-refractivity contribution in [1.82, 2.24) is 5.32 Å². The van der Waals surface area contributed by atoms with E-state index < -0.39 is 0 Å². The SMILES string of the molecule is NCC1CN(c2cccc3c2OCCO3)CC(CN)N1. The van der Waals surface area contributed by atoms with E-state index in [1.54, 1.807) is 0 Å². The summed E-state index contributed by atoms with van der Waals surface area (Å²) in [6, 6.07) is 6.51. The van der Waals surface area contributed by atoms with Crippen LogP contribution < -0.4 is 31.2 Å². The van der Waals surface area contributed by atoms with Gasteiger partial charge in [-0.1, -0.05) is 6.07 Å². The largest absolute Gasteiger partial charge is 0.486 e. The van der Waals surface area contributed by atoms with Gasteiger partial charge in [-0.15, -0.1) is 0 Å². The average molecular weight is 278 g/mol. The van der Waals surface area contributed by atoms with Crippen LogP contribution in [0, 0.1) is 0 Å². The molecule has 3 rings (SSSR count). The van der Waals surface area contributed by atoms with Crippen molar-refractivity contribution >= 4 is 5.69 Å². The zero-order chi connectivity index (χ0) is 13.9. The first kappa shape index (κ1) is 13.5. The average Bonchev–Trinajstić information content (AvgIpc) is 2.53. The fourth-order valence-corrected chi connectivity index (χ4v) is 2.83. The first-order valence-corrected chi connectivity index (χ1v) is 7.11. The van der Waals surface area contributed by atoms with Crippen LogP contribution in [0.1, 0.15) is 0 Å². The topological polar surface area (TPSA) is 85.8 Å². The summed E-state index contributed by atoms with van der Waals surface area (Å²) in [6.07, 6.45) is 0. The molecule has 5 N–H and O–H groups in total. The summed E-state index contributed by atoms with van der Waals surface area (Å²) in [5.41, 5.74) is 12.7. The van der Waals surface area contributed by atoms with Crippen LogP contribution in [0.2, 0.25) is 0 Å². The fourth-order valence-electron chi connectivity index (χ4n) is 2.83. The van der Waals surface area contributed by atoms with Crippen molar-refractivity contribution in [2.45, 2.75) is 12.1 Å². The molecule has 0 aromatic heterocycles. The van der Waals surface area contributed by atoms with Crippen LogP contribution in [-0.2, 0) is 0 Å². The van der Waals surface area contributed by atoms with Crippen LogP contribution in [0.4, 0.5) is 5.69 Å². The van der Waals surface area contributed by atoms with E-state index in [-0.39, 0.29) is 12.1 Å². The maximum absolute atomic E-state index is 5.81. The van der Waals surface area contributed by atoms with E-state index in [9.17, 15) is 0 Å². The highest BCUT2D eigenvalue weighted by Gasteiger charge is 2.28. The van der Waals surface area contributed by atoms with E-state index in [0.29, 0.717) is 26.3 Å². The third kappa shape index (κ3) is 2.54. The highest BCUT2D eigenvalue weighted by atomic mass is 16.6. The molecule has 0 bridgehead atoms. The second kappa shape index (κ2) is 5.87. The van der Waals surface area contributed by atoms with E-state index in [2.05, 4.69) is 16.3 Å². The second-order valence-corrected chi connectivity index (χ2v) is 5.24. The summed E-state index contributed by atoms with van der Waals surface area (Å²) < 4.78 is 11.4. The molecule has 0 spiro atoms. The minimum Gasteiger partial charge on any atom is -0.486 e. The summed E-state index contributed by atoms with van der Waals surface area (Å²) >= 11 is 0. The maximum atomic E-state index is 5.81. The van der Waals surface area contributed by atoms with Gasteiger partial charge in [0, 0.05) is 38.3 Å². The van der Waals surface area contributed by atoms with Gasteiger partial charge in [0.25, 0.3) is 0 Å². The van der Waals surface area contributed by atoms with Gasteiger partial charge < -0.3 is 31.2 Å². The minimum atomic E-state index is 0.248. The minimum absolute atomic E-state index is 0.248. The number of hydrogen-bond acceptors (Lipinski definition) is 6. The fraction of sp³-hybridized carbons (Fsp3) is 0.571. The quantitative estimate of drug-likeness (QED) is 0.692. The summed E-state index contributed by atoms with van der Waals surface area (Å²) in [5, 5.41) is 3.47. The molecule has 1 fully saturated rings. The lowest BCUT2D eigenvalue weighted by Gasteiger charge is -2.40. The van der Waals surface area contributed by atoms with Gasteiger partial charge in [-0.2, -0.15) is 0 Å². The van der Waals surface area contributed by atoms with E-state index in [4.69, 9.17) is 20.9 Å². The number of hydrogen-bond donors (Lipinski definition) is 3. The summed E-state index contributed by atoms with van der Waals surface area (Å²) in [7, 11) is 0. The van der Waals surface area contributed by atoms with Crippen molar-refractivity contribution in [1.29, 1.82) is 0 Å². The van der Waals surface area contributed by atoms with Crippen molar-refractivity contribution < 1.29 is 9.47 Å². The lowest BCUT2D eigenvalue weighted by Crippen LogP contribution is -2.61. The molecule has 1 saturated heterocycles. The smallest absolute Gasteiger partial charge is 0.184 e. The van der Waals surface area contributed by atoms with Gasteiger partial charge >= 0.3 is 0 Å². The van der Waals surface area contributed by atoms with Crippen molar-refractivity contribution in [2.75, 3.05) is 44.3 Å². The van der Waals surface area contributed by atoms with E-state index in [1.165, 1.54) is 0 Å². The van der Waals surface area contributed by atoms with E-state index in [1.807, 2.05) is 12.1 Å². The molecule has 2 atom stereocenters. The highest BCUT2D eigenvalue weighted by Crippen LogP contribution is 2.39. The molecule has 0 saturated carbocycles. The van der Waals surface area contributed by atoms with Gasteiger partial charge in [-0.25, -0.2) is 0 Å². The zero-order valence-corrected chi connectivity index (χ0v) is 11.5. The van der Waals surface area contributed by atoms with Gasteiger partial charge in [-0.05, 0) is 12.1 Å². The molecule has 6 heteroatoms. The molecule has 1 aromatic rings. The number of para-hydroxylation sites is 1. The number of fused-ring (bicyclic) bond motifs is 1. The van der Waals surface area contributed by atoms with Crippen LogP contribution in [-0.4, -0.2) is 51.5 Å². The number of nitrogens with zero attached hydrogens (tertiary/aromatic N) is 1. The molecule has 110 valence electrons. The number of piperazine rings is 1. The Morgan fingerprint density at radius 1 is 1.10 bits per heavy atom. The van der Waals surface area contributed by atoms with Crippen molar-refractivity contribution in [3.05, 3.63) is 18.2 Å². The molecule has 1 aromatic carbocycles. The van der Waals surface area contributed by atoms with Gasteiger partial charge in [0.05, 0.1) is 5.69 Å². The Labute approximate surface area is 119 Å². The molecule has 0 aliphatic carbocycles. The van der Waals surface area contributed by atoms with E-state index in [0.717, 1.165) is 30.3 Å². The number of benzene rings is 1. The second-order valence-electron chi connectivity index (χ2n) is 5.24. The lowest BCUT2D eigenvalue weighted by atomic mass is 10.1. The van der Waals surface area contributed by atoms with Crippen LogP contribution in [0.3, 0.4) is 0 Å². The first-order chi connectivity index (χ1) is 9.81. The predicted octanol–water partition coefficient (Wildman–Crippen LogP) is -0.478. The van der Waals surface area contributed by atoms with Crippen LogP contribution in [0.25, 0.3) is 0 Å². The summed E-state index contributed by atoms with van der Waals surface area (Å²) in [5.74, 6) is 1.66. The normalized spacial score (nSPS) is 25.6. The van der Waals surface area contributed by atoms with Gasteiger partial charge in [0.15, 0.2) is 11.5 Å². The Balaban J connectivity index is 1.87. The van der Waals surface area contributed by atoms with Crippen molar-refractivity contribution in [2.24, 2.45) is 11.5 Å². The monoisotopic (exact) mass is 278 g/mol. The predicted molar refractivity (Wildman–Crippen MR) is 78.5 cm³/mol. The van der Waals surface area contributed by atoms with Crippen molar-refractivity contribution in [3.8, 4) is 11.5 Å². The standard InChI is InChI=1S/C14H22N4O2/c15-6-10-8-18(9-11(7-16)17-10)12-2-1-3-13-14(12)20-5-4-19-13/h1-3,10-11,17H,4-9,15-16H2. The van der Waals surface area contributed by atoms with Crippen molar-refractivity contribution in [3.63, 3.8) is 0 Å². The number of ether oxygens (including phenoxy) is 2. The molecule has 2 unspecified atom stereocenters. The first-order valence-electron chi connectivity index (χ1n) is 7.11. The number of anilines is 1. The van der Waals surface area contributed by atoms with Gasteiger partial charge in [0.2, 0.25) is 0 Å². The summed E-state index contributed by atoms with van der Waals surface area (Å²) in [4.78, 5) is 2.29. The van der Waals surface area contributed by atoms with Gasteiger partial charge in [-0.3, -0.25) is 0 Å². The van der Waals surface area contributed by atoms with Crippen LogP contribution in [0.15, 0.2) is 18.2 Å². The molecule has 0 radical (unpaired) electrons. The lowest BCUT2D eigenvalue weighted by molar-refractivity contribution is 0.171.